The van der Waals surface area contributed by atoms with Gasteiger partial charge in [0, 0.05) is 12.8 Å². The lowest BCUT2D eigenvalue weighted by atomic mass is 10.2. The van der Waals surface area contributed by atoms with Crippen molar-refractivity contribution in [2.24, 2.45) is 0 Å². The minimum absolute atomic E-state index is 0.572. The Morgan fingerprint density at radius 3 is 2.25 bits per heavy atom. The number of nitrogen functional groups attached to an aromatic ring is 2. The Bertz CT molecular complexity index is 238. The second-order valence-electron chi connectivity index (χ2n) is 2.00. The van der Waals surface area contributed by atoms with Gasteiger partial charge in [-0.25, -0.2) is 0 Å². The molecule has 0 aromatic heterocycles. The van der Waals surface area contributed by atoms with Crippen LogP contribution in [0.25, 0.3) is 0 Å². The van der Waals surface area contributed by atoms with Crippen LogP contribution in [0.1, 0.15) is 0 Å². The molecule has 0 radical (unpaired) electrons. The molecule has 5 N–H and O–H groups in total. The predicted molar refractivity (Wildman–Crippen MR) is 50.0 cm³/mol. The van der Waals surface area contributed by atoms with Gasteiger partial charge in [0.1, 0.15) is 5.75 Å². The zero-order valence-electron chi connectivity index (χ0n) is 7.24. The summed E-state index contributed by atoms with van der Waals surface area (Å²) in [6, 6.07) is 5.15. The van der Waals surface area contributed by atoms with E-state index in [9.17, 15) is 0 Å². The van der Waals surface area contributed by atoms with Crippen molar-refractivity contribution in [2.45, 2.75) is 0 Å². The summed E-state index contributed by atoms with van der Waals surface area (Å²) in [4.78, 5) is 0. The van der Waals surface area contributed by atoms with E-state index in [4.69, 9.17) is 21.3 Å². The number of rotatable bonds is 1. The van der Waals surface area contributed by atoms with Crippen LogP contribution in [0.4, 0.5) is 11.4 Å². The summed E-state index contributed by atoms with van der Waals surface area (Å²) in [5.74, 6) is 0.661. The first kappa shape index (κ1) is 10.6. The van der Waals surface area contributed by atoms with Crippen LogP contribution in [0.3, 0.4) is 0 Å². The van der Waals surface area contributed by atoms with Crippen molar-refractivity contribution in [3.8, 4) is 5.75 Å². The Kier molecular flexibility index (Phi) is 4.64. The summed E-state index contributed by atoms with van der Waals surface area (Å²) >= 11 is 0. The van der Waals surface area contributed by atoms with Crippen LogP contribution in [-0.2, 0) is 0 Å². The lowest BCUT2D eigenvalue weighted by molar-refractivity contribution is 0.399. The average Bonchev–Trinajstić information content (AvgIpc) is 2.08. The number of nitrogens with two attached hydrogens (primary N) is 2. The third kappa shape index (κ3) is 2.67. The maximum atomic E-state index is 7.00. The molecule has 0 spiro atoms. The molecular weight excluding hydrogens is 156 g/mol. The van der Waals surface area contributed by atoms with Gasteiger partial charge in [-0.2, -0.15) is 0 Å². The van der Waals surface area contributed by atoms with Gasteiger partial charge in [0.15, 0.2) is 0 Å². The summed E-state index contributed by atoms with van der Waals surface area (Å²) < 4.78 is 4.92. The molecule has 0 amide bonds. The third-order valence-corrected chi connectivity index (χ3v) is 1.25. The van der Waals surface area contributed by atoms with E-state index in [-0.39, 0.29) is 0 Å². The molecule has 0 bridgehead atoms. The molecular formula is C8H14N2O2. The van der Waals surface area contributed by atoms with Crippen molar-refractivity contribution < 1.29 is 9.84 Å². The van der Waals surface area contributed by atoms with E-state index in [0.717, 1.165) is 7.11 Å². The number of aliphatic hydroxyl groups excluding tert-OH is 1. The molecule has 0 saturated heterocycles. The summed E-state index contributed by atoms with van der Waals surface area (Å²) in [5, 5.41) is 7.00. The van der Waals surface area contributed by atoms with E-state index >= 15 is 0 Å². The summed E-state index contributed by atoms with van der Waals surface area (Å²) in [6.07, 6.45) is 0. The number of aliphatic hydroxyl groups is 1. The standard InChI is InChI=1S/C7H10N2O.CH4O/c1-10-7-3-2-5(8)4-6(7)9;1-2/h2-4H,8-9H2,1H3;2H,1H3. The molecule has 1 rings (SSSR count). The van der Waals surface area contributed by atoms with Crippen molar-refractivity contribution in [1.29, 1.82) is 0 Å². The fourth-order valence-electron chi connectivity index (χ4n) is 0.753. The second-order valence-corrected chi connectivity index (χ2v) is 2.00. The van der Waals surface area contributed by atoms with Crippen LogP contribution in [0.5, 0.6) is 5.75 Å². The Hall–Kier alpha value is -1.42. The summed E-state index contributed by atoms with van der Waals surface area (Å²) in [5.41, 5.74) is 12.2. The van der Waals surface area contributed by atoms with Crippen LogP contribution in [0, 0.1) is 0 Å². The molecule has 4 heteroatoms. The Morgan fingerprint density at radius 1 is 1.25 bits per heavy atom. The van der Waals surface area contributed by atoms with Gasteiger partial charge in [0.05, 0.1) is 12.8 Å². The fraction of sp³-hybridized carbons (Fsp3) is 0.250. The van der Waals surface area contributed by atoms with Gasteiger partial charge in [0.2, 0.25) is 0 Å². The lowest BCUT2D eigenvalue weighted by Gasteiger charge is -2.03. The highest BCUT2D eigenvalue weighted by Crippen LogP contribution is 2.22. The summed E-state index contributed by atoms with van der Waals surface area (Å²) in [7, 11) is 2.57. The van der Waals surface area contributed by atoms with Gasteiger partial charge in [-0.15, -0.1) is 0 Å². The van der Waals surface area contributed by atoms with Crippen LogP contribution >= 0.6 is 0 Å². The molecule has 0 aliphatic carbocycles. The van der Waals surface area contributed by atoms with Crippen molar-refractivity contribution in [2.75, 3.05) is 25.7 Å². The Morgan fingerprint density at radius 2 is 1.83 bits per heavy atom. The highest BCUT2D eigenvalue weighted by Gasteiger charge is 1.96. The molecule has 0 saturated carbocycles. The average molecular weight is 170 g/mol. The number of anilines is 2. The van der Waals surface area contributed by atoms with E-state index in [1.807, 2.05) is 0 Å². The molecule has 0 unspecified atom stereocenters. The van der Waals surface area contributed by atoms with Crippen molar-refractivity contribution in [1.82, 2.24) is 0 Å². The molecule has 0 aliphatic rings. The molecule has 68 valence electrons. The number of hydrogen-bond acceptors (Lipinski definition) is 4. The van der Waals surface area contributed by atoms with E-state index in [1.54, 1.807) is 25.3 Å². The van der Waals surface area contributed by atoms with Crippen molar-refractivity contribution in [3.63, 3.8) is 0 Å². The summed E-state index contributed by atoms with van der Waals surface area (Å²) in [6.45, 7) is 0. The Balaban J connectivity index is 0.000000561. The minimum Gasteiger partial charge on any atom is -0.495 e. The number of methoxy groups -OCH3 is 1. The van der Waals surface area contributed by atoms with E-state index in [2.05, 4.69) is 0 Å². The van der Waals surface area contributed by atoms with Crippen LogP contribution in [0.2, 0.25) is 0 Å². The van der Waals surface area contributed by atoms with Gasteiger partial charge in [0.25, 0.3) is 0 Å². The maximum absolute atomic E-state index is 7.00. The van der Waals surface area contributed by atoms with Crippen LogP contribution in [-0.4, -0.2) is 19.3 Å². The van der Waals surface area contributed by atoms with E-state index in [0.29, 0.717) is 17.1 Å². The monoisotopic (exact) mass is 170 g/mol. The largest absolute Gasteiger partial charge is 0.495 e. The molecule has 4 nitrogen and oxygen atoms in total. The fourth-order valence-corrected chi connectivity index (χ4v) is 0.753. The first-order valence-corrected chi connectivity index (χ1v) is 3.37. The zero-order chi connectivity index (χ0) is 9.56. The van der Waals surface area contributed by atoms with E-state index < -0.39 is 0 Å². The minimum atomic E-state index is 0.572. The SMILES string of the molecule is CO.COc1ccc(N)cc1N. The van der Waals surface area contributed by atoms with E-state index in [1.165, 1.54) is 0 Å². The van der Waals surface area contributed by atoms with Crippen LogP contribution < -0.4 is 16.2 Å². The normalized spacial score (nSPS) is 8.25. The highest BCUT2D eigenvalue weighted by molar-refractivity contribution is 5.60. The van der Waals surface area contributed by atoms with Gasteiger partial charge in [-0.05, 0) is 18.2 Å². The molecule has 0 fully saturated rings. The zero-order valence-corrected chi connectivity index (χ0v) is 7.24. The van der Waals surface area contributed by atoms with Crippen LogP contribution in [0.15, 0.2) is 18.2 Å². The Labute approximate surface area is 71.8 Å². The van der Waals surface area contributed by atoms with Gasteiger partial charge in [-0.3, -0.25) is 0 Å². The first-order chi connectivity index (χ1) is 5.74. The van der Waals surface area contributed by atoms with Crippen molar-refractivity contribution in [3.05, 3.63) is 18.2 Å². The topological polar surface area (TPSA) is 81.5 Å². The smallest absolute Gasteiger partial charge is 0.141 e. The van der Waals surface area contributed by atoms with Crippen molar-refractivity contribution >= 4 is 11.4 Å². The number of ether oxygens (including phenoxy) is 1. The quantitative estimate of drug-likeness (QED) is 0.535. The van der Waals surface area contributed by atoms with Gasteiger partial charge in [-0.1, -0.05) is 0 Å². The number of benzene rings is 1. The predicted octanol–water partition coefficient (Wildman–Crippen LogP) is 0.468. The number of hydrogen-bond donors (Lipinski definition) is 3. The van der Waals surface area contributed by atoms with Gasteiger partial charge >= 0.3 is 0 Å². The second kappa shape index (κ2) is 5.26. The molecule has 0 atom stereocenters. The van der Waals surface area contributed by atoms with Gasteiger partial charge < -0.3 is 21.3 Å². The molecule has 0 aliphatic heterocycles. The molecule has 12 heavy (non-hydrogen) atoms. The highest BCUT2D eigenvalue weighted by atomic mass is 16.5. The molecule has 1 aromatic rings. The molecule has 1 aromatic carbocycles. The third-order valence-electron chi connectivity index (χ3n) is 1.25. The first-order valence-electron chi connectivity index (χ1n) is 3.37. The maximum Gasteiger partial charge on any atom is 0.141 e. The lowest BCUT2D eigenvalue weighted by Crippen LogP contribution is -1.93. The molecule has 0 heterocycles.